The molecule has 3 aliphatic rings. The molecule has 0 amide bonds. The Balaban J connectivity index is 1.42. The molecule has 3 nitrogen and oxygen atoms in total. The van der Waals surface area contributed by atoms with Crippen LogP contribution < -0.4 is 5.32 Å². The van der Waals surface area contributed by atoms with Gasteiger partial charge in [0, 0.05) is 38.8 Å². The first-order valence-electron chi connectivity index (χ1n) is 7.34. The summed E-state index contributed by atoms with van der Waals surface area (Å²) in [6.45, 7) is 13.9. The molecular formula is C14H27N3. The van der Waals surface area contributed by atoms with E-state index in [-0.39, 0.29) is 0 Å². The van der Waals surface area contributed by atoms with Crippen LogP contribution in [-0.2, 0) is 0 Å². The van der Waals surface area contributed by atoms with E-state index in [0.717, 1.165) is 12.0 Å². The molecule has 3 rings (SSSR count). The first kappa shape index (κ1) is 11.9. The van der Waals surface area contributed by atoms with Crippen molar-refractivity contribution in [2.24, 2.45) is 11.3 Å². The van der Waals surface area contributed by atoms with Crippen LogP contribution in [0.5, 0.6) is 0 Å². The molecule has 0 aromatic carbocycles. The van der Waals surface area contributed by atoms with Gasteiger partial charge in [-0.2, -0.15) is 0 Å². The molecule has 0 aromatic heterocycles. The van der Waals surface area contributed by atoms with Crippen molar-refractivity contribution in [1.29, 1.82) is 0 Å². The minimum atomic E-state index is 0.711. The Labute approximate surface area is 106 Å². The van der Waals surface area contributed by atoms with E-state index in [9.17, 15) is 0 Å². The Morgan fingerprint density at radius 2 is 1.82 bits per heavy atom. The molecule has 0 aliphatic carbocycles. The van der Waals surface area contributed by atoms with Crippen molar-refractivity contribution in [2.45, 2.75) is 32.7 Å². The fourth-order valence-corrected chi connectivity index (χ4v) is 3.71. The van der Waals surface area contributed by atoms with Gasteiger partial charge in [-0.25, -0.2) is 0 Å². The molecule has 1 spiro atoms. The predicted octanol–water partition coefficient (Wildman–Crippen LogP) is 1.01. The van der Waals surface area contributed by atoms with E-state index in [2.05, 4.69) is 29.0 Å². The lowest BCUT2D eigenvalue weighted by Crippen LogP contribution is -2.63. The molecule has 0 unspecified atom stereocenters. The Morgan fingerprint density at radius 1 is 1.18 bits per heavy atom. The van der Waals surface area contributed by atoms with Crippen LogP contribution in [0.4, 0.5) is 0 Å². The molecule has 3 heteroatoms. The van der Waals surface area contributed by atoms with Gasteiger partial charge in [0.25, 0.3) is 0 Å². The number of hydrogen-bond donors (Lipinski definition) is 1. The third-order valence-corrected chi connectivity index (χ3v) is 5.09. The number of piperidine rings is 1. The van der Waals surface area contributed by atoms with Crippen LogP contribution in [-0.4, -0.2) is 61.7 Å². The van der Waals surface area contributed by atoms with Crippen LogP contribution in [0.1, 0.15) is 26.7 Å². The smallest absolute Gasteiger partial charge is 0.00516 e. The summed E-state index contributed by atoms with van der Waals surface area (Å²) in [6, 6.07) is 0.740. The van der Waals surface area contributed by atoms with Gasteiger partial charge in [-0.3, -0.25) is 0 Å². The van der Waals surface area contributed by atoms with Crippen molar-refractivity contribution in [3.63, 3.8) is 0 Å². The van der Waals surface area contributed by atoms with Crippen LogP contribution in [0.25, 0.3) is 0 Å². The van der Waals surface area contributed by atoms with E-state index in [1.54, 1.807) is 0 Å². The molecule has 0 aromatic rings. The van der Waals surface area contributed by atoms with Crippen LogP contribution in [0, 0.1) is 11.3 Å². The number of likely N-dealkylation sites (tertiary alicyclic amines) is 2. The topological polar surface area (TPSA) is 18.5 Å². The second kappa shape index (κ2) is 4.52. The zero-order chi connectivity index (χ0) is 11.9. The van der Waals surface area contributed by atoms with E-state index in [4.69, 9.17) is 0 Å². The van der Waals surface area contributed by atoms with Crippen molar-refractivity contribution < 1.29 is 0 Å². The predicted molar refractivity (Wildman–Crippen MR) is 71.2 cm³/mol. The first-order valence-corrected chi connectivity index (χ1v) is 7.34. The van der Waals surface area contributed by atoms with Crippen LogP contribution >= 0.6 is 0 Å². The molecule has 3 fully saturated rings. The molecule has 3 aliphatic heterocycles. The Morgan fingerprint density at radius 3 is 2.29 bits per heavy atom. The number of nitrogens with one attached hydrogen (secondary N) is 1. The van der Waals surface area contributed by atoms with E-state index in [1.165, 1.54) is 58.7 Å². The van der Waals surface area contributed by atoms with Gasteiger partial charge in [0.1, 0.15) is 0 Å². The summed E-state index contributed by atoms with van der Waals surface area (Å²) in [5, 5.41) is 3.37. The van der Waals surface area contributed by atoms with Gasteiger partial charge in [-0.1, -0.05) is 0 Å². The third kappa shape index (κ3) is 2.38. The monoisotopic (exact) mass is 237 g/mol. The summed E-state index contributed by atoms with van der Waals surface area (Å²) in [5.41, 5.74) is 0.711. The van der Waals surface area contributed by atoms with E-state index < -0.39 is 0 Å². The van der Waals surface area contributed by atoms with Crippen molar-refractivity contribution >= 4 is 0 Å². The standard InChI is InChI=1S/C14H27N3/c1-12(2)17-5-3-14(4-6-17)10-16(11-14)9-13-7-15-8-13/h12-13,15H,3-11H2,1-2H3. The lowest BCUT2D eigenvalue weighted by atomic mass is 9.71. The molecule has 1 N–H and O–H groups in total. The Kier molecular flexibility index (Phi) is 3.18. The molecule has 0 bridgehead atoms. The van der Waals surface area contributed by atoms with E-state index in [0.29, 0.717) is 5.41 Å². The Hall–Kier alpha value is -0.120. The average Bonchev–Trinajstić information content (AvgIpc) is 2.21. The minimum Gasteiger partial charge on any atom is -0.316 e. The molecular weight excluding hydrogens is 210 g/mol. The molecule has 3 heterocycles. The minimum absolute atomic E-state index is 0.711. The molecule has 0 saturated carbocycles. The van der Waals surface area contributed by atoms with E-state index in [1.807, 2.05) is 0 Å². The quantitative estimate of drug-likeness (QED) is 0.790. The van der Waals surface area contributed by atoms with Crippen LogP contribution in [0.2, 0.25) is 0 Å². The summed E-state index contributed by atoms with van der Waals surface area (Å²) in [5.74, 6) is 0.947. The molecule has 0 atom stereocenters. The average molecular weight is 237 g/mol. The highest BCUT2D eigenvalue weighted by Crippen LogP contribution is 2.41. The van der Waals surface area contributed by atoms with Crippen molar-refractivity contribution in [1.82, 2.24) is 15.1 Å². The maximum atomic E-state index is 3.37. The fraction of sp³-hybridized carbons (Fsp3) is 1.00. The van der Waals surface area contributed by atoms with Gasteiger partial charge in [0.05, 0.1) is 0 Å². The second-order valence-electron chi connectivity index (χ2n) is 6.82. The highest BCUT2D eigenvalue weighted by atomic mass is 15.2. The lowest BCUT2D eigenvalue weighted by molar-refractivity contribution is -0.0604. The molecule has 3 saturated heterocycles. The van der Waals surface area contributed by atoms with Crippen molar-refractivity contribution in [3.8, 4) is 0 Å². The summed E-state index contributed by atoms with van der Waals surface area (Å²) in [7, 11) is 0. The second-order valence-corrected chi connectivity index (χ2v) is 6.82. The maximum Gasteiger partial charge on any atom is 0.00516 e. The normalized spacial score (nSPS) is 30.5. The summed E-state index contributed by atoms with van der Waals surface area (Å²) < 4.78 is 0. The van der Waals surface area contributed by atoms with Crippen molar-refractivity contribution in [3.05, 3.63) is 0 Å². The zero-order valence-corrected chi connectivity index (χ0v) is 11.4. The summed E-state index contributed by atoms with van der Waals surface area (Å²) in [6.07, 6.45) is 2.87. The third-order valence-electron chi connectivity index (χ3n) is 5.09. The van der Waals surface area contributed by atoms with Gasteiger partial charge < -0.3 is 15.1 Å². The first-order chi connectivity index (χ1) is 8.17. The maximum absolute atomic E-state index is 3.37. The van der Waals surface area contributed by atoms with Gasteiger partial charge >= 0.3 is 0 Å². The van der Waals surface area contributed by atoms with Gasteiger partial charge in [0.2, 0.25) is 0 Å². The van der Waals surface area contributed by atoms with Gasteiger partial charge in [-0.15, -0.1) is 0 Å². The van der Waals surface area contributed by atoms with Gasteiger partial charge in [0.15, 0.2) is 0 Å². The number of hydrogen-bond acceptors (Lipinski definition) is 3. The van der Waals surface area contributed by atoms with Gasteiger partial charge in [-0.05, 0) is 51.1 Å². The molecule has 17 heavy (non-hydrogen) atoms. The fourth-order valence-electron chi connectivity index (χ4n) is 3.71. The lowest BCUT2D eigenvalue weighted by Gasteiger charge is -2.55. The SMILES string of the molecule is CC(C)N1CCC2(CC1)CN(CC1CNC1)C2. The summed E-state index contributed by atoms with van der Waals surface area (Å²) in [4.78, 5) is 5.33. The highest BCUT2D eigenvalue weighted by molar-refractivity contribution is 4.99. The van der Waals surface area contributed by atoms with Crippen LogP contribution in [0.15, 0.2) is 0 Å². The molecule has 0 radical (unpaired) electrons. The van der Waals surface area contributed by atoms with E-state index >= 15 is 0 Å². The van der Waals surface area contributed by atoms with Crippen LogP contribution in [0.3, 0.4) is 0 Å². The van der Waals surface area contributed by atoms with Crippen molar-refractivity contribution in [2.75, 3.05) is 45.8 Å². The number of rotatable bonds is 3. The molecule has 98 valence electrons. The number of nitrogens with zero attached hydrogens (tertiary/aromatic N) is 2. The highest BCUT2D eigenvalue weighted by Gasteiger charge is 2.45. The Bertz CT molecular complexity index is 257. The summed E-state index contributed by atoms with van der Waals surface area (Å²) >= 11 is 0. The largest absolute Gasteiger partial charge is 0.316 e. The zero-order valence-electron chi connectivity index (χ0n) is 11.4.